The lowest BCUT2D eigenvalue weighted by atomic mass is 10.2. The highest BCUT2D eigenvalue weighted by Crippen LogP contribution is 2.19. The maximum Gasteiger partial charge on any atom is 0.288 e. The number of nitro groups is 1. The quantitative estimate of drug-likeness (QED) is 0.655. The second-order valence-corrected chi connectivity index (χ2v) is 4.53. The molecule has 2 aromatic rings. The van der Waals surface area contributed by atoms with Gasteiger partial charge in [0, 0.05) is 6.07 Å². The topological polar surface area (TPSA) is 124 Å². The van der Waals surface area contributed by atoms with Crippen LogP contribution in [0.3, 0.4) is 0 Å². The maximum absolute atomic E-state index is 12.1. The number of nitrogens with zero attached hydrogens (tertiary/aromatic N) is 2. The number of anilines is 1. The number of hydrogen-bond acceptors (Lipinski definition) is 6. The molecule has 0 aromatic carbocycles. The zero-order chi connectivity index (χ0) is 15.6. The molecule has 1 atom stereocenters. The van der Waals surface area contributed by atoms with E-state index in [0.717, 1.165) is 18.0 Å². The Labute approximate surface area is 120 Å². The van der Waals surface area contributed by atoms with E-state index in [9.17, 15) is 14.9 Å². The van der Waals surface area contributed by atoms with Gasteiger partial charge in [0.05, 0.1) is 16.5 Å². The van der Waals surface area contributed by atoms with Gasteiger partial charge in [-0.1, -0.05) is 0 Å². The third kappa shape index (κ3) is 3.16. The van der Waals surface area contributed by atoms with Crippen molar-refractivity contribution >= 4 is 17.4 Å². The Morgan fingerprint density at radius 2 is 2.24 bits per heavy atom. The molecule has 1 unspecified atom stereocenters. The number of nitrogen functional groups attached to an aromatic ring is 1. The van der Waals surface area contributed by atoms with Crippen LogP contribution in [0.25, 0.3) is 0 Å². The molecule has 0 spiro atoms. The van der Waals surface area contributed by atoms with Crippen LogP contribution in [0.2, 0.25) is 0 Å². The Hall–Kier alpha value is -2.90. The highest BCUT2D eigenvalue weighted by atomic mass is 16.6. The minimum absolute atomic E-state index is 0.0423. The van der Waals surface area contributed by atoms with Crippen LogP contribution >= 0.6 is 0 Å². The molecule has 0 aliphatic rings. The summed E-state index contributed by atoms with van der Waals surface area (Å²) in [6.07, 6.45) is 1.01. The number of pyridine rings is 1. The van der Waals surface area contributed by atoms with Crippen LogP contribution in [-0.2, 0) is 0 Å². The van der Waals surface area contributed by atoms with Crippen LogP contribution in [-0.4, -0.2) is 15.8 Å². The van der Waals surface area contributed by atoms with E-state index in [-0.39, 0.29) is 17.1 Å². The average molecular weight is 290 g/mol. The summed E-state index contributed by atoms with van der Waals surface area (Å²) in [6, 6.07) is 4.22. The van der Waals surface area contributed by atoms with Crippen LogP contribution in [0.5, 0.6) is 0 Å². The molecule has 8 nitrogen and oxygen atoms in total. The van der Waals surface area contributed by atoms with Gasteiger partial charge in [-0.3, -0.25) is 14.9 Å². The third-order valence-electron chi connectivity index (χ3n) is 2.90. The van der Waals surface area contributed by atoms with E-state index in [1.165, 1.54) is 0 Å². The molecule has 0 saturated carbocycles. The van der Waals surface area contributed by atoms with E-state index in [1.54, 1.807) is 26.0 Å². The minimum Gasteiger partial charge on any atom is -0.464 e. The lowest BCUT2D eigenvalue weighted by Gasteiger charge is -2.12. The Kier molecular flexibility index (Phi) is 3.88. The molecule has 0 aliphatic carbocycles. The Balaban J connectivity index is 2.20. The van der Waals surface area contributed by atoms with Crippen molar-refractivity contribution in [3.8, 4) is 0 Å². The van der Waals surface area contributed by atoms with Crippen molar-refractivity contribution in [3.05, 3.63) is 51.6 Å². The molecule has 2 rings (SSSR count). The van der Waals surface area contributed by atoms with Gasteiger partial charge in [-0.05, 0) is 26.0 Å². The first kappa shape index (κ1) is 14.5. The Morgan fingerprint density at radius 1 is 1.52 bits per heavy atom. The SMILES string of the molecule is Cc1ccc(C(C)NC(=O)c2cc([N+](=O)[O-])cnc2N)o1. The summed E-state index contributed by atoms with van der Waals surface area (Å²) in [6.45, 7) is 3.53. The van der Waals surface area contributed by atoms with Gasteiger partial charge in [0.1, 0.15) is 23.5 Å². The first-order valence-electron chi connectivity index (χ1n) is 6.15. The number of aromatic nitrogens is 1. The summed E-state index contributed by atoms with van der Waals surface area (Å²) >= 11 is 0. The lowest BCUT2D eigenvalue weighted by Crippen LogP contribution is -2.27. The summed E-state index contributed by atoms with van der Waals surface area (Å²) < 4.78 is 5.40. The summed E-state index contributed by atoms with van der Waals surface area (Å²) in [7, 11) is 0. The van der Waals surface area contributed by atoms with E-state index >= 15 is 0 Å². The lowest BCUT2D eigenvalue weighted by molar-refractivity contribution is -0.385. The Bertz CT molecular complexity index is 695. The molecule has 0 bridgehead atoms. The van der Waals surface area contributed by atoms with E-state index < -0.39 is 16.9 Å². The van der Waals surface area contributed by atoms with E-state index in [0.29, 0.717) is 5.76 Å². The molecular weight excluding hydrogens is 276 g/mol. The molecule has 0 radical (unpaired) electrons. The van der Waals surface area contributed by atoms with Crippen molar-refractivity contribution in [3.63, 3.8) is 0 Å². The molecule has 2 heterocycles. The summed E-state index contributed by atoms with van der Waals surface area (Å²) in [5.74, 6) is 0.687. The number of furan rings is 1. The van der Waals surface area contributed by atoms with Gasteiger partial charge in [-0.25, -0.2) is 4.98 Å². The first-order valence-corrected chi connectivity index (χ1v) is 6.15. The van der Waals surface area contributed by atoms with Crippen LogP contribution in [0.1, 0.15) is 34.8 Å². The number of nitrogens with one attached hydrogen (secondary N) is 1. The number of nitrogens with two attached hydrogens (primary N) is 1. The number of aryl methyl sites for hydroxylation is 1. The predicted octanol–water partition coefficient (Wildman–Crippen LogP) is 1.96. The monoisotopic (exact) mass is 290 g/mol. The van der Waals surface area contributed by atoms with Gasteiger partial charge in [-0.15, -0.1) is 0 Å². The minimum atomic E-state index is -0.636. The van der Waals surface area contributed by atoms with Crippen molar-refractivity contribution in [2.24, 2.45) is 0 Å². The predicted molar refractivity (Wildman–Crippen MR) is 74.6 cm³/mol. The van der Waals surface area contributed by atoms with Crippen molar-refractivity contribution in [1.29, 1.82) is 0 Å². The van der Waals surface area contributed by atoms with Gasteiger partial charge >= 0.3 is 0 Å². The van der Waals surface area contributed by atoms with Gasteiger partial charge < -0.3 is 15.5 Å². The number of carbonyl (C=O) groups is 1. The zero-order valence-electron chi connectivity index (χ0n) is 11.5. The fourth-order valence-corrected chi connectivity index (χ4v) is 1.78. The van der Waals surface area contributed by atoms with Gasteiger partial charge in [-0.2, -0.15) is 0 Å². The highest BCUT2D eigenvalue weighted by molar-refractivity contribution is 5.99. The van der Waals surface area contributed by atoms with Crippen LogP contribution in [0.4, 0.5) is 11.5 Å². The molecule has 2 aromatic heterocycles. The van der Waals surface area contributed by atoms with E-state index in [4.69, 9.17) is 10.2 Å². The summed E-state index contributed by atoms with van der Waals surface area (Å²) in [4.78, 5) is 25.9. The van der Waals surface area contributed by atoms with Crippen molar-refractivity contribution in [2.75, 3.05) is 5.73 Å². The largest absolute Gasteiger partial charge is 0.464 e. The molecule has 1 amide bonds. The van der Waals surface area contributed by atoms with Crippen molar-refractivity contribution in [1.82, 2.24) is 10.3 Å². The molecule has 21 heavy (non-hydrogen) atoms. The van der Waals surface area contributed by atoms with E-state index in [1.807, 2.05) is 0 Å². The fraction of sp³-hybridized carbons (Fsp3) is 0.231. The number of amides is 1. The normalized spacial score (nSPS) is 11.9. The molecule has 0 fully saturated rings. The summed E-state index contributed by atoms with van der Waals surface area (Å²) in [5, 5.41) is 13.4. The zero-order valence-corrected chi connectivity index (χ0v) is 11.5. The second kappa shape index (κ2) is 5.61. The summed E-state index contributed by atoms with van der Waals surface area (Å²) in [5.41, 5.74) is 5.25. The van der Waals surface area contributed by atoms with Gasteiger partial charge in [0.2, 0.25) is 0 Å². The first-order chi connectivity index (χ1) is 9.88. The third-order valence-corrected chi connectivity index (χ3v) is 2.90. The van der Waals surface area contributed by atoms with Crippen LogP contribution in [0.15, 0.2) is 28.8 Å². The fourth-order valence-electron chi connectivity index (χ4n) is 1.78. The molecule has 3 N–H and O–H groups in total. The number of carbonyl (C=O) groups excluding carboxylic acids is 1. The van der Waals surface area contributed by atoms with Gasteiger partial charge in [0.15, 0.2) is 0 Å². The van der Waals surface area contributed by atoms with Crippen LogP contribution in [0, 0.1) is 17.0 Å². The average Bonchev–Trinajstić information content (AvgIpc) is 2.85. The maximum atomic E-state index is 12.1. The van der Waals surface area contributed by atoms with Gasteiger partial charge in [0.25, 0.3) is 11.6 Å². The molecule has 0 saturated heterocycles. The van der Waals surface area contributed by atoms with Crippen molar-refractivity contribution < 1.29 is 14.1 Å². The van der Waals surface area contributed by atoms with Crippen molar-refractivity contribution in [2.45, 2.75) is 19.9 Å². The van der Waals surface area contributed by atoms with E-state index in [2.05, 4.69) is 10.3 Å². The smallest absolute Gasteiger partial charge is 0.288 e. The standard InChI is InChI=1S/C13H14N4O4/c1-7-3-4-11(21-7)8(2)16-13(18)10-5-9(17(19)20)6-15-12(10)14/h3-6,8H,1-2H3,(H2,14,15)(H,16,18). The number of rotatable bonds is 4. The Morgan fingerprint density at radius 3 is 2.81 bits per heavy atom. The molecule has 8 heteroatoms. The molecular formula is C13H14N4O4. The van der Waals surface area contributed by atoms with Crippen LogP contribution < -0.4 is 11.1 Å². The number of hydrogen-bond donors (Lipinski definition) is 2. The molecule has 0 aliphatic heterocycles. The second-order valence-electron chi connectivity index (χ2n) is 4.53. The molecule has 110 valence electrons. The highest BCUT2D eigenvalue weighted by Gasteiger charge is 2.19.